The monoisotopic (exact) mass is 285 g/mol. The Bertz CT molecular complexity index is 397. The summed E-state index contributed by atoms with van der Waals surface area (Å²) in [5.74, 6) is -0.852. The lowest BCUT2D eigenvalue weighted by molar-refractivity contribution is -0.160. The van der Waals surface area contributed by atoms with E-state index >= 15 is 0 Å². The van der Waals surface area contributed by atoms with Gasteiger partial charge < -0.3 is 14.8 Å². The van der Waals surface area contributed by atoms with Gasteiger partial charge in [-0.15, -0.1) is 0 Å². The average molecular weight is 285 g/mol. The molecule has 1 aliphatic heterocycles. The first-order chi connectivity index (χ1) is 9.58. The van der Waals surface area contributed by atoms with Crippen LogP contribution in [0.1, 0.15) is 12.8 Å². The zero-order chi connectivity index (χ0) is 14.5. The fourth-order valence-electron chi connectivity index (χ4n) is 1.94. The molecular weight excluding hydrogens is 266 g/mol. The number of hydrogen-bond donors (Lipinski definition) is 2. The summed E-state index contributed by atoms with van der Waals surface area (Å²) in [6, 6.07) is -0.259. The fourth-order valence-corrected chi connectivity index (χ4v) is 1.94. The number of nitrogens with one attached hydrogen (secondary N) is 2. The van der Waals surface area contributed by atoms with E-state index in [9.17, 15) is 14.4 Å². The van der Waals surface area contributed by atoms with Crippen LogP contribution in [-0.2, 0) is 19.1 Å². The molecule has 8 nitrogen and oxygen atoms in total. The molecule has 0 bridgehead atoms. The van der Waals surface area contributed by atoms with E-state index in [2.05, 4.69) is 15.4 Å². The summed E-state index contributed by atoms with van der Waals surface area (Å²) in [6.07, 6.45) is 1.25. The largest absolute Gasteiger partial charge is 0.467 e. The van der Waals surface area contributed by atoms with Crippen LogP contribution < -0.4 is 10.6 Å². The van der Waals surface area contributed by atoms with Gasteiger partial charge in [0.15, 0.2) is 6.10 Å². The first-order valence-electron chi connectivity index (χ1n) is 6.60. The second kappa shape index (κ2) is 6.67. The molecule has 1 saturated heterocycles. The number of esters is 1. The van der Waals surface area contributed by atoms with Gasteiger partial charge in [-0.25, -0.2) is 9.59 Å². The summed E-state index contributed by atoms with van der Waals surface area (Å²) in [4.78, 5) is 36.2. The molecule has 20 heavy (non-hydrogen) atoms. The Morgan fingerprint density at radius 2 is 2.10 bits per heavy atom. The summed E-state index contributed by atoms with van der Waals surface area (Å²) in [6.45, 7) is 1.21. The molecule has 0 aromatic heterocycles. The van der Waals surface area contributed by atoms with Gasteiger partial charge in [0.25, 0.3) is 0 Å². The minimum Gasteiger partial charge on any atom is -0.467 e. The maximum atomic E-state index is 11.7. The van der Waals surface area contributed by atoms with Gasteiger partial charge in [0, 0.05) is 19.1 Å². The normalized spacial score (nSPS) is 22.9. The van der Waals surface area contributed by atoms with Crippen LogP contribution in [0.3, 0.4) is 0 Å². The summed E-state index contributed by atoms with van der Waals surface area (Å²) in [5, 5.41) is 4.94. The van der Waals surface area contributed by atoms with Crippen LogP contribution in [0.2, 0.25) is 0 Å². The van der Waals surface area contributed by atoms with Gasteiger partial charge in [0.1, 0.15) is 0 Å². The minimum absolute atomic E-state index is 0.0505. The van der Waals surface area contributed by atoms with Crippen molar-refractivity contribution < 1.29 is 23.9 Å². The predicted molar refractivity (Wildman–Crippen MR) is 67.9 cm³/mol. The lowest BCUT2D eigenvalue weighted by Crippen LogP contribution is -2.51. The Morgan fingerprint density at radius 3 is 2.75 bits per heavy atom. The topological polar surface area (TPSA) is 97.0 Å². The van der Waals surface area contributed by atoms with Gasteiger partial charge in [-0.3, -0.25) is 15.0 Å². The molecule has 0 spiro atoms. The van der Waals surface area contributed by atoms with Crippen molar-refractivity contribution in [2.45, 2.75) is 25.0 Å². The van der Waals surface area contributed by atoms with Crippen LogP contribution in [0.4, 0.5) is 4.79 Å². The van der Waals surface area contributed by atoms with Crippen LogP contribution in [0.15, 0.2) is 0 Å². The highest BCUT2D eigenvalue weighted by atomic mass is 16.6. The van der Waals surface area contributed by atoms with Crippen LogP contribution in [0.5, 0.6) is 0 Å². The summed E-state index contributed by atoms with van der Waals surface area (Å²) < 4.78 is 9.86. The zero-order valence-corrected chi connectivity index (χ0v) is 11.4. The predicted octanol–water partition coefficient (Wildman–Crippen LogP) is -1.15. The summed E-state index contributed by atoms with van der Waals surface area (Å²) in [7, 11) is 1.29. The lowest BCUT2D eigenvalue weighted by atomic mass is 10.2. The van der Waals surface area contributed by atoms with E-state index in [1.165, 1.54) is 7.11 Å². The van der Waals surface area contributed by atoms with E-state index in [1.807, 2.05) is 0 Å². The smallest absolute Gasteiger partial charge is 0.336 e. The van der Waals surface area contributed by atoms with Crippen molar-refractivity contribution in [3.63, 3.8) is 0 Å². The quantitative estimate of drug-likeness (QED) is 0.633. The molecule has 2 rings (SSSR count). The maximum Gasteiger partial charge on any atom is 0.336 e. The minimum atomic E-state index is -0.679. The van der Waals surface area contributed by atoms with Crippen molar-refractivity contribution in [2.24, 2.45) is 0 Å². The van der Waals surface area contributed by atoms with Gasteiger partial charge >= 0.3 is 12.0 Å². The molecule has 1 atom stereocenters. The Balaban J connectivity index is 1.72. The Labute approximate surface area is 116 Å². The molecule has 2 N–H and O–H groups in total. The number of hydrogen-bond acceptors (Lipinski definition) is 6. The highest BCUT2D eigenvalue weighted by Crippen LogP contribution is 2.18. The van der Waals surface area contributed by atoms with E-state index in [4.69, 9.17) is 4.74 Å². The van der Waals surface area contributed by atoms with Crippen molar-refractivity contribution in [1.82, 2.24) is 15.5 Å². The van der Waals surface area contributed by atoms with Crippen LogP contribution in [-0.4, -0.2) is 68.3 Å². The third-order valence-corrected chi connectivity index (χ3v) is 3.15. The van der Waals surface area contributed by atoms with Gasteiger partial charge in [0.2, 0.25) is 5.91 Å². The molecule has 1 unspecified atom stereocenters. The van der Waals surface area contributed by atoms with Gasteiger partial charge in [-0.05, 0) is 12.8 Å². The number of nitrogens with zero attached hydrogens (tertiary/aromatic N) is 1. The van der Waals surface area contributed by atoms with Crippen molar-refractivity contribution in [1.29, 1.82) is 0 Å². The van der Waals surface area contributed by atoms with Gasteiger partial charge in [-0.2, -0.15) is 0 Å². The molecule has 2 aliphatic rings. The van der Waals surface area contributed by atoms with Crippen molar-refractivity contribution >= 4 is 17.9 Å². The average Bonchev–Trinajstić information content (AvgIpc) is 3.21. The van der Waals surface area contributed by atoms with Gasteiger partial charge in [-0.1, -0.05) is 0 Å². The molecule has 1 saturated carbocycles. The molecule has 1 aliphatic carbocycles. The van der Waals surface area contributed by atoms with Gasteiger partial charge in [0.05, 0.1) is 20.3 Å². The molecule has 1 heterocycles. The second-order valence-corrected chi connectivity index (χ2v) is 4.91. The molecule has 0 aromatic carbocycles. The third kappa shape index (κ3) is 4.46. The Morgan fingerprint density at radius 1 is 1.35 bits per heavy atom. The number of carbonyl (C=O) groups excluding carboxylic acids is 3. The first kappa shape index (κ1) is 14.7. The number of amides is 3. The standard InChI is InChI=1S/C12H19N3O5/c1-19-11(17)9-6-15(4-5-20-9)7-10(16)14-12(18)13-8-2-3-8/h8-9H,2-7H2,1H3,(H2,13,14,16,18). The molecular formula is C12H19N3O5. The van der Waals surface area contributed by atoms with E-state index < -0.39 is 24.0 Å². The fraction of sp³-hybridized carbons (Fsp3) is 0.750. The first-order valence-corrected chi connectivity index (χ1v) is 6.60. The van der Waals surface area contributed by atoms with Crippen molar-refractivity contribution in [3.8, 4) is 0 Å². The number of carbonyl (C=O) groups is 3. The number of urea groups is 1. The number of morpholine rings is 1. The molecule has 0 radical (unpaired) electrons. The number of rotatable bonds is 4. The molecule has 8 heteroatoms. The lowest BCUT2D eigenvalue weighted by Gasteiger charge is -2.30. The van der Waals surface area contributed by atoms with E-state index in [0.717, 1.165) is 12.8 Å². The molecule has 0 aromatic rings. The van der Waals surface area contributed by atoms with Crippen molar-refractivity contribution in [3.05, 3.63) is 0 Å². The Hall–Kier alpha value is -1.67. The van der Waals surface area contributed by atoms with Crippen LogP contribution in [0.25, 0.3) is 0 Å². The van der Waals surface area contributed by atoms with E-state index in [-0.39, 0.29) is 19.1 Å². The number of imide groups is 1. The summed E-state index contributed by atoms with van der Waals surface area (Å²) in [5.41, 5.74) is 0. The molecule has 3 amide bonds. The highest BCUT2D eigenvalue weighted by molar-refractivity contribution is 5.95. The van der Waals surface area contributed by atoms with E-state index in [1.54, 1.807) is 4.90 Å². The summed E-state index contributed by atoms with van der Waals surface area (Å²) >= 11 is 0. The molecule has 112 valence electrons. The second-order valence-electron chi connectivity index (χ2n) is 4.91. The van der Waals surface area contributed by atoms with Crippen molar-refractivity contribution in [2.75, 3.05) is 33.4 Å². The number of methoxy groups -OCH3 is 1. The Kier molecular flexibility index (Phi) is 4.91. The highest BCUT2D eigenvalue weighted by Gasteiger charge is 2.29. The SMILES string of the molecule is COC(=O)C1CN(CC(=O)NC(=O)NC2CC2)CCO1. The van der Waals surface area contributed by atoms with E-state index in [0.29, 0.717) is 13.2 Å². The third-order valence-electron chi connectivity index (χ3n) is 3.15. The van der Waals surface area contributed by atoms with Crippen LogP contribution >= 0.6 is 0 Å². The number of ether oxygens (including phenoxy) is 2. The molecule has 2 fully saturated rings. The zero-order valence-electron chi connectivity index (χ0n) is 11.4. The van der Waals surface area contributed by atoms with Crippen LogP contribution in [0, 0.1) is 0 Å². The maximum absolute atomic E-state index is 11.7.